The third-order valence-corrected chi connectivity index (χ3v) is 3.70. The van der Waals surface area contributed by atoms with Crippen molar-refractivity contribution in [1.29, 1.82) is 0 Å². The third kappa shape index (κ3) is 2.22. The van der Waals surface area contributed by atoms with Crippen molar-refractivity contribution in [2.24, 2.45) is 5.73 Å². The highest BCUT2D eigenvalue weighted by Crippen LogP contribution is 2.29. The number of aromatic nitrogens is 1. The standard InChI is InChI=1S/C14H20N2S/c1-10(2)16-8-12(9-17-3)14-11(7-15)5-4-6-13(14)16/h4-6,8,10H,7,9,15H2,1-3H3. The molecule has 0 spiro atoms. The Labute approximate surface area is 107 Å². The molecule has 2 nitrogen and oxygen atoms in total. The fraction of sp³-hybridized carbons (Fsp3) is 0.429. The van der Waals surface area contributed by atoms with Crippen molar-refractivity contribution >= 4 is 22.7 Å². The summed E-state index contributed by atoms with van der Waals surface area (Å²) in [6, 6.07) is 6.92. The van der Waals surface area contributed by atoms with Crippen LogP contribution in [0.4, 0.5) is 0 Å². The fourth-order valence-corrected chi connectivity index (χ4v) is 2.87. The van der Waals surface area contributed by atoms with E-state index in [0.717, 1.165) is 5.75 Å². The molecule has 0 aliphatic rings. The lowest BCUT2D eigenvalue weighted by molar-refractivity contribution is 0.621. The van der Waals surface area contributed by atoms with Gasteiger partial charge in [0.1, 0.15) is 0 Å². The van der Waals surface area contributed by atoms with Gasteiger partial charge in [-0.1, -0.05) is 12.1 Å². The first-order valence-electron chi connectivity index (χ1n) is 5.99. The van der Waals surface area contributed by atoms with Crippen molar-refractivity contribution in [3.05, 3.63) is 35.5 Å². The zero-order chi connectivity index (χ0) is 12.4. The largest absolute Gasteiger partial charge is 0.345 e. The Balaban J connectivity index is 2.71. The van der Waals surface area contributed by atoms with E-state index in [4.69, 9.17) is 5.73 Å². The molecule has 3 heteroatoms. The summed E-state index contributed by atoms with van der Waals surface area (Å²) in [6.07, 6.45) is 4.43. The van der Waals surface area contributed by atoms with Crippen molar-refractivity contribution in [3.8, 4) is 0 Å². The minimum atomic E-state index is 0.487. The van der Waals surface area contributed by atoms with Crippen LogP contribution >= 0.6 is 11.8 Å². The quantitative estimate of drug-likeness (QED) is 0.897. The number of nitrogens with zero attached hydrogens (tertiary/aromatic N) is 1. The highest BCUT2D eigenvalue weighted by molar-refractivity contribution is 7.97. The smallest absolute Gasteiger partial charge is 0.0489 e. The molecule has 2 aromatic rings. The molecule has 0 unspecified atom stereocenters. The number of nitrogens with two attached hydrogens (primary N) is 1. The van der Waals surface area contributed by atoms with Crippen LogP contribution < -0.4 is 5.73 Å². The molecular weight excluding hydrogens is 228 g/mol. The van der Waals surface area contributed by atoms with E-state index in [-0.39, 0.29) is 0 Å². The molecule has 92 valence electrons. The lowest BCUT2D eigenvalue weighted by Gasteiger charge is -2.09. The van der Waals surface area contributed by atoms with Crippen LogP contribution in [0.5, 0.6) is 0 Å². The van der Waals surface area contributed by atoms with Crippen molar-refractivity contribution in [2.75, 3.05) is 6.26 Å². The van der Waals surface area contributed by atoms with E-state index in [9.17, 15) is 0 Å². The molecule has 0 radical (unpaired) electrons. The third-order valence-electron chi connectivity index (χ3n) is 3.10. The van der Waals surface area contributed by atoms with Gasteiger partial charge in [0, 0.05) is 35.4 Å². The number of hydrogen-bond donors (Lipinski definition) is 1. The van der Waals surface area contributed by atoms with Crippen molar-refractivity contribution in [2.45, 2.75) is 32.2 Å². The van der Waals surface area contributed by atoms with E-state index in [0.29, 0.717) is 12.6 Å². The number of thioether (sulfide) groups is 1. The van der Waals surface area contributed by atoms with E-state index < -0.39 is 0 Å². The zero-order valence-corrected chi connectivity index (χ0v) is 11.6. The van der Waals surface area contributed by atoms with Crippen LogP contribution in [-0.2, 0) is 12.3 Å². The Morgan fingerprint density at radius 2 is 2.06 bits per heavy atom. The van der Waals surface area contributed by atoms with Gasteiger partial charge in [-0.05, 0) is 37.3 Å². The molecule has 0 fully saturated rings. The summed E-state index contributed by atoms with van der Waals surface area (Å²) in [5.74, 6) is 1.05. The van der Waals surface area contributed by atoms with Gasteiger partial charge in [0.25, 0.3) is 0 Å². The topological polar surface area (TPSA) is 30.9 Å². The molecule has 17 heavy (non-hydrogen) atoms. The maximum atomic E-state index is 5.85. The molecule has 2 rings (SSSR count). The van der Waals surface area contributed by atoms with Gasteiger partial charge in [-0.25, -0.2) is 0 Å². The van der Waals surface area contributed by atoms with Crippen LogP contribution in [0, 0.1) is 0 Å². The van der Waals surface area contributed by atoms with Crippen LogP contribution in [0.1, 0.15) is 31.0 Å². The molecule has 1 heterocycles. The molecular formula is C14H20N2S. The second-order valence-corrected chi connectivity index (χ2v) is 5.47. The van der Waals surface area contributed by atoms with E-state index in [1.165, 1.54) is 22.0 Å². The highest BCUT2D eigenvalue weighted by Gasteiger charge is 2.12. The summed E-state index contributed by atoms with van der Waals surface area (Å²) in [7, 11) is 0. The molecule has 0 amide bonds. The summed E-state index contributed by atoms with van der Waals surface area (Å²) in [4.78, 5) is 0. The summed E-state index contributed by atoms with van der Waals surface area (Å²) in [5, 5.41) is 1.36. The average Bonchev–Trinajstić information content (AvgIpc) is 2.69. The zero-order valence-electron chi connectivity index (χ0n) is 10.7. The Bertz CT molecular complexity index is 514. The molecule has 0 aliphatic carbocycles. The molecule has 0 saturated carbocycles. The van der Waals surface area contributed by atoms with Crippen LogP contribution in [0.25, 0.3) is 10.9 Å². The molecule has 0 atom stereocenters. The SMILES string of the molecule is CSCc1cn(C(C)C)c2cccc(CN)c12. The van der Waals surface area contributed by atoms with Crippen molar-refractivity contribution in [3.63, 3.8) is 0 Å². The molecule has 0 saturated heterocycles. The van der Waals surface area contributed by atoms with Crippen molar-refractivity contribution in [1.82, 2.24) is 4.57 Å². The number of fused-ring (bicyclic) bond motifs is 1. The van der Waals surface area contributed by atoms with Crippen LogP contribution in [0.2, 0.25) is 0 Å². The van der Waals surface area contributed by atoms with Gasteiger partial charge in [0.15, 0.2) is 0 Å². The van der Waals surface area contributed by atoms with Gasteiger partial charge in [-0.3, -0.25) is 0 Å². The summed E-state index contributed by atoms with van der Waals surface area (Å²) >= 11 is 1.86. The Morgan fingerprint density at radius 1 is 1.29 bits per heavy atom. The van der Waals surface area contributed by atoms with Crippen molar-refractivity contribution < 1.29 is 0 Å². The monoisotopic (exact) mass is 248 g/mol. The van der Waals surface area contributed by atoms with Crippen LogP contribution in [0.15, 0.2) is 24.4 Å². The molecule has 1 aromatic heterocycles. The number of rotatable bonds is 4. The van der Waals surface area contributed by atoms with E-state index in [1.54, 1.807) is 0 Å². The van der Waals surface area contributed by atoms with Gasteiger partial charge in [0.2, 0.25) is 0 Å². The van der Waals surface area contributed by atoms with Gasteiger partial charge >= 0.3 is 0 Å². The second kappa shape index (κ2) is 5.15. The molecule has 0 bridgehead atoms. The van der Waals surface area contributed by atoms with Gasteiger partial charge in [-0.2, -0.15) is 11.8 Å². The van der Waals surface area contributed by atoms with Gasteiger partial charge in [-0.15, -0.1) is 0 Å². The van der Waals surface area contributed by atoms with E-state index >= 15 is 0 Å². The first-order chi connectivity index (χ1) is 8.19. The van der Waals surface area contributed by atoms with E-state index in [2.05, 4.69) is 49.1 Å². The second-order valence-electron chi connectivity index (χ2n) is 4.60. The predicted octanol–water partition coefficient (Wildman–Crippen LogP) is 3.54. The van der Waals surface area contributed by atoms with E-state index in [1.807, 2.05) is 11.8 Å². The Kier molecular flexibility index (Phi) is 3.79. The maximum absolute atomic E-state index is 5.85. The van der Waals surface area contributed by atoms with Crippen LogP contribution in [-0.4, -0.2) is 10.8 Å². The Hall–Kier alpha value is -0.930. The van der Waals surface area contributed by atoms with Gasteiger partial charge in [0.05, 0.1) is 0 Å². The highest BCUT2D eigenvalue weighted by atomic mass is 32.2. The first kappa shape index (κ1) is 12.5. The lowest BCUT2D eigenvalue weighted by atomic mass is 10.1. The summed E-state index contributed by atoms with van der Waals surface area (Å²) in [5.41, 5.74) is 9.82. The molecule has 2 N–H and O–H groups in total. The van der Waals surface area contributed by atoms with Gasteiger partial charge < -0.3 is 10.3 Å². The first-order valence-corrected chi connectivity index (χ1v) is 7.38. The average molecular weight is 248 g/mol. The number of benzene rings is 1. The minimum Gasteiger partial charge on any atom is -0.345 e. The Morgan fingerprint density at radius 3 is 2.65 bits per heavy atom. The number of hydrogen-bond acceptors (Lipinski definition) is 2. The minimum absolute atomic E-state index is 0.487. The molecule has 1 aromatic carbocycles. The predicted molar refractivity (Wildman–Crippen MR) is 77.4 cm³/mol. The fourth-order valence-electron chi connectivity index (χ4n) is 2.34. The van der Waals surface area contributed by atoms with Crippen LogP contribution in [0.3, 0.4) is 0 Å². The summed E-state index contributed by atoms with van der Waals surface area (Å²) < 4.78 is 2.35. The lowest BCUT2D eigenvalue weighted by Crippen LogP contribution is -1.99. The normalized spacial score (nSPS) is 11.6. The maximum Gasteiger partial charge on any atom is 0.0489 e. The molecule has 0 aliphatic heterocycles. The summed E-state index contributed by atoms with van der Waals surface area (Å²) in [6.45, 7) is 5.05.